The van der Waals surface area contributed by atoms with E-state index in [1.807, 2.05) is 19.2 Å². The number of hydrogen-bond acceptors (Lipinski definition) is 5. The van der Waals surface area contributed by atoms with Gasteiger partial charge in [0.05, 0.1) is 26.0 Å². The van der Waals surface area contributed by atoms with Crippen molar-refractivity contribution < 1.29 is 9.47 Å². The van der Waals surface area contributed by atoms with Crippen LogP contribution in [0.25, 0.3) is 0 Å². The SMILES string of the molecule is CN=C(NCC1CCN(c2ccccc2OC)C1)NCC(CC(C)C)N1CCOCC1.I. The fraction of sp³-hybridized carbons (Fsp3) is 0.708. The summed E-state index contributed by atoms with van der Waals surface area (Å²) >= 11 is 0. The first-order chi connectivity index (χ1) is 15.1. The van der Waals surface area contributed by atoms with Crippen LogP contribution in [0.1, 0.15) is 26.7 Å². The van der Waals surface area contributed by atoms with Gasteiger partial charge in [0, 0.05) is 52.4 Å². The van der Waals surface area contributed by atoms with Gasteiger partial charge >= 0.3 is 0 Å². The predicted octanol–water partition coefficient (Wildman–Crippen LogP) is 3.05. The number of benzene rings is 1. The number of nitrogens with one attached hydrogen (secondary N) is 2. The molecule has 0 saturated carbocycles. The van der Waals surface area contributed by atoms with Gasteiger partial charge in [-0.2, -0.15) is 0 Å². The third kappa shape index (κ3) is 7.95. The van der Waals surface area contributed by atoms with Gasteiger partial charge in [0.2, 0.25) is 0 Å². The van der Waals surface area contributed by atoms with Crippen molar-refractivity contribution >= 4 is 35.6 Å². The Bertz CT molecular complexity index is 697. The maximum Gasteiger partial charge on any atom is 0.191 e. The molecule has 3 rings (SSSR count). The molecule has 0 spiro atoms. The van der Waals surface area contributed by atoms with E-state index in [0.29, 0.717) is 17.9 Å². The average Bonchev–Trinajstić information content (AvgIpc) is 3.27. The lowest BCUT2D eigenvalue weighted by atomic mass is 10.0. The topological polar surface area (TPSA) is 61.4 Å². The molecule has 1 aromatic carbocycles. The zero-order valence-corrected chi connectivity index (χ0v) is 22.5. The molecule has 0 bridgehead atoms. The first-order valence-corrected chi connectivity index (χ1v) is 11.7. The molecule has 0 aliphatic carbocycles. The Morgan fingerprint density at radius 3 is 2.62 bits per heavy atom. The molecule has 182 valence electrons. The van der Waals surface area contributed by atoms with E-state index in [0.717, 1.165) is 64.2 Å². The second-order valence-electron chi connectivity index (χ2n) is 9.04. The molecule has 2 unspecified atom stereocenters. The number of morpholine rings is 1. The van der Waals surface area contributed by atoms with Crippen molar-refractivity contribution in [2.75, 3.05) is 71.5 Å². The zero-order valence-electron chi connectivity index (χ0n) is 20.2. The summed E-state index contributed by atoms with van der Waals surface area (Å²) < 4.78 is 11.1. The number of aliphatic imine (C=N–C) groups is 1. The van der Waals surface area contributed by atoms with Crippen LogP contribution in [-0.2, 0) is 4.74 Å². The fourth-order valence-corrected chi connectivity index (χ4v) is 4.63. The minimum atomic E-state index is 0. The maximum atomic E-state index is 5.54. The minimum Gasteiger partial charge on any atom is -0.495 e. The number of anilines is 1. The van der Waals surface area contributed by atoms with E-state index in [2.05, 4.69) is 51.4 Å². The van der Waals surface area contributed by atoms with Crippen LogP contribution < -0.4 is 20.3 Å². The molecule has 2 aliphatic rings. The number of para-hydroxylation sites is 2. The molecule has 8 heteroatoms. The fourth-order valence-electron chi connectivity index (χ4n) is 4.63. The Morgan fingerprint density at radius 2 is 1.94 bits per heavy atom. The van der Waals surface area contributed by atoms with E-state index in [9.17, 15) is 0 Å². The lowest BCUT2D eigenvalue weighted by Crippen LogP contribution is -2.51. The molecule has 2 atom stereocenters. The molecule has 0 radical (unpaired) electrons. The van der Waals surface area contributed by atoms with Gasteiger partial charge in [0.15, 0.2) is 5.96 Å². The van der Waals surface area contributed by atoms with E-state index in [-0.39, 0.29) is 24.0 Å². The first-order valence-electron chi connectivity index (χ1n) is 11.7. The highest BCUT2D eigenvalue weighted by Gasteiger charge is 2.25. The number of ether oxygens (including phenoxy) is 2. The third-order valence-electron chi connectivity index (χ3n) is 6.30. The highest BCUT2D eigenvalue weighted by Crippen LogP contribution is 2.31. The Balaban J connectivity index is 0.00000363. The van der Waals surface area contributed by atoms with Crippen LogP contribution in [0.2, 0.25) is 0 Å². The standard InChI is InChI=1S/C24H41N5O2.HI/c1-19(2)15-21(28-11-13-31-14-12-28)17-27-24(25-3)26-16-20-9-10-29(18-20)22-7-5-6-8-23(22)30-4;/h5-8,19-21H,9-18H2,1-4H3,(H2,25,26,27);1H. The highest BCUT2D eigenvalue weighted by atomic mass is 127. The van der Waals surface area contributed by atoms with E-state index in [1.54, 1.807) is 7.11 Å². The van der Waals surface area contributed by atoms with Crippen LogP contribution in [0.4, 0.5) is 5.69 Å². The maximum absolute atomic E-state index is 5.54. The summed E-state index contributed by atoms with van der Waals surface area (Å²) in [5.41, 5.74) is 1.19. The molecule has 2 N–H and O–H groups in total. The van der Waals surface area contributed by atoms with Crippen LogP contribution in [0.15, 0.2) is 29.3 Å². The number of halogens is 1. The molecule has 1 aromatic rings. The summed E-state index contributed by atoms with van der Waals surface area (Å²) in [4.78, 5) is 9.46. The molecule has 0 amide bonds. The van der Waals surface area contributed by atoms with Crippen molar-refractivity contribution in [2.24, 2.45) is 16.8 Å². The molecule has 2 heterocycles. The predicted molar refractivity (Wildman–Crippen MR) is 144 cm³/mol. The largest absolute Gasteiger partial charge is 0.495 e. The normalized spacial score (nSPS) is 20.7. The lowest BCUT2D eigenvalue weighted by molar-refractivity contribution is 0.0132. The number of methoxy groups -OCH3 is 1. The molecule has 2 saturated heterocycles. The van der Waals surface area contributed by atoms with Gasteiger partial charge in [0.25, 0.3) is 0 Å². The van der Waals surface area contributed by atoms with Crippen LogP contribution in [0, 0.1) is 11.8 Å². The van der Waals surface area contributed by atoms with Gasteiger partial charge in [-0.15, -0.1) is 24.0 Å². The molecule has 0 aromatic heterocycles. The van der Waals surface area contributed by atoms with Crippen molar-refractivity contribution in [3.63, 3.8) is 0 Å². The molecule has 2 aliphatic heterocycles. The van der Waals surface area contributed by atoms with E-state index >= 15 is 0 Å². The number of nitrogens with zero attached hydrogens (tertiary/aromatic N) is 3. The van der Waals surface area contributed by atoms with Crippen LogP contribution in [-0.4, -0.2) is 83.5 Å². The van der Waals surface area contributed by atoms with Crippen molar-refractivity contribution in [1.82, 2.24) is 15.5 Å². The van der Waals surface area contributed by atoms with Gasteiger partial charge in [-0.25, -0.2) is 0 Å². The van der Waals surface area contributed by atoms with Gasteiger partial charge in [-0.3, -0.25) is 9.89 Å². The summed E-state index contributed by atoms with van der Waals surface area (Å²) in [5.74, 6) is 3.11. The molecular weight excluding hydrogens is 517 g/mol. The monoisotopic (exact) mass is 559 g/mol. The van der Waals surface area contributed by atoms with Crippen molar-refractivity contribution in [3.8, 4) is 5.75 Å². The molecule has 7 nitrogen and oxygen atoms in total. The zero-order chi connectivity index (χ0) is 22.1. The van der Waals surface area contributed by atoms with Gasteiger partial charge in [-0.1, -0.05) is 26.0 Å². The third-order valence-corrected chi connectivity index (χ3v) is 6.30. The smallest absolute Gasteiger partial charge is 0.191 e. The van der Waals surface area contributed by atoms with Gasteiger partial charge in [-0.05, 0) is 36.8 Å². The van der Waals surface area contributed by atoms with Crippen molar-refractivity contribution in [2.45, 2.75) is 32.7 Å². The van der Waals surface area contributed by atoms with Crippen molar-refractivity contribution in [3.05, 3.63) is 24.3 Å². The summed E-state index contributed by atoms with van der Waals surface area (Å²) in [7, 11) is 3.60. The second kappa shape index (κ2) is 14.1. The van der Waals surface area contributed by atoms with Crippen molar-refractivity contribution in [1.29, 1.82) is 0 Å². The number of guanidine groups is 1. The number of hydrogen-bond donors (Lipinski definition) is 2. The molecule has 2 fully saturated rings. The summed E-state index contributed by atoms with van der Waals surface area (Å²) in [6.07, 6.45) is 2.35. The second-order valence-corrected chi connectivity index (χ2v) is 9.04. The lowest BCUT2D eigenvalue weighted by Gasteiger charge is -2.35. The van der Waals surface area contributed by atoms with Crippen LogP contribution in [0.3, 0.4) is 0 Å². The quantitative estimate of drug-likeness (QED) is 0.276. The highest BCUT2D eigenvalue weighted by molar-refractivity contribution is 14.0. The van der Waals surface area contributed by atoms with Crippen LogP contribution >= 0.6 is 24.0 Å². The van der Waals surface area contributed by atoms with Gasteiger partial charge in [0.1, 0.15) is 5.75 Å². The van der Waals surface area contributed by atoms with E-state index in [1.165, 1.54) is 18.5 Å². The summed E-state index contributed by atoms with van der Waals surface area (Å²) in [6, 6.07) is 8.80. The summed E-state index contributed by atoms with van der Waals surface area (Å²) in [5, 5.41) is 7.14. The average molecular weight is 560 g/mol. The summed E-state index contributed by atoms with van der Waals surface area (Å²) in [6.45, 7) is 12.3. The first kappa shape index (κ1) is 27.0. The molecule has 32 heavy (non-hydrogen) atoms. The Kier molecular flexibility index (Phi) is 11.9. The Hall–Kier alpha value is -1.26. The van der Waals surface area contributed by atoms with Crippen LogP contribution in [0.5, 0.6) is 5.75 Å². The minimum absolute atomic E-state index is 0. The Morgan fingerprint density at radius 1 is 1.19 bits per heavy atom. The van der Waals surface area contributed by atoms with E-state index < -0.39 is 0 Å². The number of rotatable bonds is 9. The Labute approximate surface area is 211 Å². The molecular formula is C24H42IN5O2. The van der Waals surface area contributed by atoms with E-state index in [4.69, 9.17) is 9.47 Å². The van der Waals surface area contributed by atoms with Gasteiger partial charge < -0.3 is 25.0 Å².